The molecular formula is C25H30Cl2N4O4. The predicted octanol–water partition coefficient (Wildman–Crippen LogP) is 4.79. The van der Waals surface area contributed by atoms with Gasteiger partial charge in [-0.2, -0.15) is 0 Å². The van der Waals surface area contributed by atoms with Crippen LogP contribution < -0.4 is 10.1 Å². The molecular weight excluding hydrogens is 491 g/mol. The minimum atomic E-state index is -0.638. The molecule has 0 radical (unpaired) electrons. The summed E-state index contributed by atoms with van der Waals surface area (Å²) in [5.74, 6) is 1.61. The largest absolute Gasteiger partial charge is 0.491 e. The topological polar surface area (TPSA) is 103 Å². The van der Waals surface area contributed by atoms with Crippen LogP contribution >= 0.6 is 23.2 Å². The van der Waals surface area contributed by atoms with Crippen LogP contribution in [0.1, 0.15) is 36.4 Å². The van der Waals surface area contributed by atoms with Crippen molar-refractivity contribution in [1.29, 1.82) is 0 Å². The Balaban J connectivity index is 1.72. The third-order valence-corrected chi connectivity index (χ3v) is 6.70. The van der Waals surface area contributed by atoms with Gasteiger partial charge in [0.05, 0.1) is 38.8 Å². The number of aryl methyl sites for hydroxylation is 3. The molecule has 35 heavy (non-hydrogen) atoms. The summed E-state index contributed by atoms with van der Waals surface area (Å²) >= 11 is 13.4. The first-order valence-corrected chi connectivity index (χ1v) is 12.5. The SMILES string of the molecule is CNC[C@@H](O)COc1ccc(Cl)c(-c2nc(CC[C@H]3CCCO3)c(Cl)c(-c3c(C)noc3C)n2)c1. The lowest BCUT2D eigenvalue weighted by molar-refractivity contribution is 0.104. The van der Waals surface area contributed by atoms with E-state index in [0.29, 0.717) is 63.0 Å². The van der Waals surface area contributed by atoms with Crippen molar-refractivity contribution >= 4 is 23.2 Å². The molecule has 0 unspecified atom stereocenters. The van der Waals surface area contributed by atoms with Crippen LogP contribution in [-0.4, -0.2) is 59.2 Å². The fourth-order valence-electron chi connectivity index (χ4n) is 4.19. The molecule has 1 aliphatic heterocycles. The molecule has 8 nitrogen and oxygen atoms in total. The first-order chi connectivity index (χ1) is 16.9. The fourth-order valence-corrected chi connectivity index (χ4v) is 4.66. The van der Waals surface area contributed by atoms with E-state index in [2.05, 4.69) is 10.5 Å². The number of aliphatic hydroxyl groups is 1. The maximum atomic E-state index is 9.98. The van der Waals surface area contributed by atoms with Gasteiger partial charge in [0.2, 0.25) is 0 Å². The summed E-state index contributed by atoms with van der Waals surface area (Å²) in [7, 11) is 1.77. The number of halogens is 2. The lowest BCUT2D eigenvalue weighted by Crippen LogP contribution is -2.29. The fraction of sp³-hybridized carbons (Fsp3) is 0.480. The second-order valence-electron chi connectivity index (χ2n) is 8.69. The van der Waals surface area contributed by atoms with E-state index in [1.54, 1.807) is 25.2 Å². The van der Waals surface area contributed by atoms with Gasteiger partial charge in [-0.1, -0.05) is 28.4 Å². The van der Waals surface area contributed by atoms with Crippen molar-refractivity contribution < 1.29 is 19.1 Å². The van der Waals surface area contributed by atoms with Crippen molar-refractivity contribution in [2.24, 2.45) is 0 Å². The molecule has 1 aromatic carbocycles. The Labute approximate surface area is 215 Å². The zero-order valence-corrected chi connectivity index (χ0v) is 21.6. The van der Waals surface area contributed by atoms with Crippen LogP contribution in [0, 0.1) is 13.8 Å². The van der Waals surface area contributed by atoms with Crippen LogP contribution in [0.25, 0.3) is 22.6 Å². The Morgan fingerprint density at radius 1 is 1.26 bits per heavy atom. The van der Waals surface area contributed by atoms with Crippen LogP contribution in [0.3, 0.4) is 0 Å². The van der Waals surface area contributed by atoms with Gasteiger partial charge in [-0.3, -0.25) is 0 Å². The summed E-state index contributed by atoms with van der Waals surface area (Å²) in [5.41, 5.74) is 3.32. The van der Waals surface area contributed by atoms with Crippen molar-refractivity contribution in [3.8, 4) is 28.4 Å². The molecule has 0 saturated carbocycles. The van der Waals surface area contributed by atoms with Gasteiger partial charge in [0.25, 0.3) is 0 Å². The third kappa shape index (κ3) is 6.13. The number of aliphatic hydroxyl groups excluding tert-OH is 1. The number of likely N-dealkylation sites (N-methyl/N-ethyl adjacent to an activating group) is 1. The monoisotopic (exact) mass is 520 g/mol. The predicted molar refractivity (Wildman–Crippen MR) is 135 cm³/mol. The number of aromatic nitrogens is 3. The van der Waals surface area contributed by atoms with E-state index in [9.17, 15) is 5.11 Å². The van der Waals surface area contributed by atoms with Crippen molar-refractivity contribution in [1.82, 2.24) is 20.4 Å². The average molecular weight is 521 g/mol. The summed E-state index contributed by atoms with van der Waals surface area (Å²) in [5, 5.41) is 17.9. The van der Waals surface area contributed by atoms with Gasteiger partial charge in [0.15, 0.2) is 5.82 Å². The van der Waals surface area contributed by atoms with Gasteiger partial charge in [0, 0.05) is 18.7 Å². The van der Waals surface area contributed by atoms with Crippen LogP contribution in [0.5, 0.6) is 5.75 Å². The quantitative estimate of drug-likeness (QED) is 0.393. The van der Waals surface area contributed by atoms with Crippen molar-refractivity contribution in [2.75, 3.05) is 26.8 Å². The molecule has 2 N–H and O–H groups in total. The Kier molecular flexibility index (Phi) is 8.62. The van der Waals surface area contributed by atoms with Gasteiger partial charge < -0.3 is 24.4 Å². The zero-order valence-electron chi connectivity index (χ0n) is 20.1. The molecule has 0 bridgehead atoms. The Hall–Kier alpha value is -2.23. The van der Waals surface area contributed by atoms with Crippen molar-refractivity contribution in [3.05, 3.63) is 45.4 Å². The second kappa shape index (κ2) is 11.7. The highest BCUT2D eigenvalue weighted by molar-refractivity contribution is 6.34. The molecule has 4 rings (SSSR count). The Bertz CT molecular complexity index is 1150. The van der Waals surface area contributed by atoms with E-state index < -0.39 is 6.10 Å². The van der Waals surface area contributed by atoms with Crippen LogP contribution in [-0.2, 0) is 11.2 Å². The maximum Gasteiger partial charge on any atom is 0.161 e. The lowest BCUT2D eigenvalue weighted by atomic mass is 10.0. The van der Waals surface area contributed by atoms with Crippen LogP contribution in [0.4, 0.5) is 0 Å². The summed E-state index contributed by atoms with van der Waals surface area (Å²) in [4.78, 5) is 9.61. The molecule has 0 amide bonds. The van der Waals surface area contributed by atoms with E-state index in [1.165, 1.54) is 0 Å². The molecule has 3 aromatic rings. The highest BCUT2D eigenvalue weighted by atomic mass is 35.5. The van der Waals surface area contributed by atoms with Gasteiger partial charge in [0.1, 0.15) is 24.2 Å². The highest BCUT2D eigenvalue weighted by Crippen LogP contribution is 2.37. The van der Waals surface area contributed by atoms with Crippen molar-refractivity contribution in [2.45, 2.75) is 51.7 Å². The Morgan fingerprint density at radius 3 is 2.77 bits per heavy atom. The number of rotatable bonds is 10. The minimum Gasteiger partial charge on any atom is -0.491 e. The molecule has 3 heterocycles. The average Bonchev–Trinajstić information content (AvgIpc) is 3.48. The Morgan fingerprint density at radius 2 is 2.09 bits per heavy atom. The summed E-state index contributed by atoms with van der Waals surface area (Å²) in [6, 6.07) is 5.26. The minimum absolute atomic E-state index is 0.139. The number of benzene rings is 1. The lowest BCUT2D eigenvalue weighted by Gasteiger charge is -2.15. The number of hydrogen-bond donors (Lipinski definition) is 2. The van der Waals surface area contributed by atoms with E-state index >= 15 is 0 Å². The van der Waals surface area contributed by atoms with Gasteiger partial charge >= 0.3 is 0 Å². The first-order valence-electron chi connectivity index (χ1n) is 11.7. The van der Waals surface area contributed by atoms with Crippen LogP contribution in [0.2, 0.25) is 10.0 Å². The summed E-state index contributed by atoms with van der Waals surface area (Å²) < 4.78 is 17.0. The molecule has 2 aromatic heterocycles. The van der Waals surface area contributed by atoms with Gasteiger partial charge in [-0.25, -0.2) is 9.97 Å². The molecule has 10 heteroatoms. The normalized spacial score (nSPS) is 16.6. The molecule has 2 atom stereocenters. The smallest absolute Gasteiger partial charge is 0.161 e. The number of nitrogens with zero attached hydrogens (tertiary/aromatic N) is 3. The maximum absolute atomic E-state index is 9.98. The molecule has 188 valence electrons. The zero-order chi connectivity index (χ0) is 24.9. The molecule has 0 aliphatic carbocycles. The molecule has 1 fully saturated rings. The summed E-state index contributed by atoms with van der Waals surface area (Å²) in [6.07, 6.45) is 3.13. The van der Waals surface area contributed by atoms with Crippen LogP contribution in [0.15, 0.2) is 22.7 Å². The van der Waals surface area contributed by atoms with Crippen molar-refractivity contribution in [3.63, 3.8) is 0 Å². The third-order valence-electron chi connectivity index (χ3n) is 5.98. The van der Waals surface area contributed by atoms with E-state index in [-0.39, 0.29) is 12.7 Å². The first kappa shape index (κ1) is 25.9. The molecule has 1 saturated heterocycles. The second-order valence-corrected chi connectivity index (χ2v) is 9.48. The summed E-state index contributed by atoms with van der Waals surface area (Å²) in [6.45, 7) is 5.05. The standard InChI is InChI=1S/C25H30Cl2N4O4/c1-14-22(15(2)35-31-14)24-23(27)21(9-7-17-5-4-10-33-17)29-25(30-24)19-11-18(6-8-20(19)26)34-13-16(32)12-28-3/h6,8,11,16-17,28,32H,4-5,7,9-10,12-13H2,1-3H3/t16-,17-/m1/s1. The number of ether oxygens (including phenoxy) is 2. The van der Waals surface area contributed by atoms with E-state index in [4.69, 9.17) is 47.2 Å². The number of hydrogen-bond acceptors (Lipinski definition) is 8. The van der Waals surface area contributed by atoms with Gasteiger partial charge in [-0.05, 0) is 64.8 Å². The highest BCUT2D eigenvalue weighted by Gasteiger charge is 2.24. The number of nitrogens with one attached hydrogen (secondary N) is 1. The molecule has 1 aliphatic rings. The van der Waals surface area contributed by atoms with E-state index in [0.717, 1.165) is 31.4 Å². The van der Waals surface area contributed by atoms with Gasteiger partial charge in [-0.15, -0.1) is 0 Å². The molecule has 0 spiro atoms. The van der Waals surface area contributed by atoms with E-state index in [1.807, 2.05) is 13.8 Å².